The minimum Gasteiger partial charge on any atom is -0.469 e. The first-order valence-corrected chi connectivity index (χ1v) is 8.26. The second-order valence-corrected chi connectivity index (χ2v) is 6.25. The van der Waals surface area contributed by atoms with E-state index in [1.54, 1.807) is 17.1 Å². The molecule has 0 unspecified atom stereocenters. The standard InChI is InChI=1S/C17H23FN4O2/c1-21-14(6-7-20-21)12-22-11-13(18)9-15(22)10-19-17(23)5-4-16-3-2-8-24-16/h2-3,6-8,13,15H,4-5,9-12H2,1H3,(H,19,23)/t13-,15-/m0/s1. The lowest BCUT2D eigenvalue weighted by Crippen LogP contribution is -2.40. The van der Waals surface area contributed by atoms with Crippen molar-refractivity contribution in [3.8, 4) is 0 Å². The summed E-state index contributed by atoms with van der Waals surface area (Å²) in [6.45, 7) is 1.51. The van der Waals surface area contributed by atoms with Crippen molar-refractivity contribution in [2.75, 3.05) is 13.1 Å². The number of furan rings is 1. The zero-order chi connectivity index (χ0) is 16.9. The molecule has 6 nitrogen and oxygen atoms in total. The summed E-state index contributed by atoms with van der Waals surface area (Å²) in [7, 11) is 1.88. The molecule has 0 bridgehead atoms. The molecule has 2 aromatic heterocycles. The highest BCUT2D eigenvalue weighted by atomic mass is 19.1. The number of alkyl halides is 1. The molecule has 0 saturated carbocycles. The molecule has 1 saturated heterocycles. The fourth-order valence-corrected chi connectivity index (χ4v) is 3.10. The van der Waals surface area contributed by atoms with Crippen molar-refractivity contribution in [2.45, 2.75) is 38.0 Å². The molecule has 24 heavy (non-hydrogen) atoms. The fourth-order valence-electron chi connectivity index (χ4n) is 3.10. The van der Waals surface area contributed by atoms with Gasteiger partial charge in [-0.2, -0.15) is 5.10 Å². The molecule has 2 aromatic rings. The van der Waals surface area contributed by atoms with E-state index in [1.165, 1.54) is 0 Å². The largest absolute Gasteiger partial charge is 0.469 e. The Hall–Kier alpha value is -2.15. The molecule has 130 valence electrons. The lowest BCUT2D eigenvalue weighted by atomic mass is 10.2. The highest BCUT2D eigenvalue weighted by molar-refractivity contribution is 5.76. The van der Waals surface area contributed by atoms with E-state index in [4.69, 9.17) is 4.42 Å². The molecule has 1 fully saturated rings. The van der Waals surface area contributed by atoms with Crippen molar-refractivity contribution < 1.29 is 13.6 Å². The second kappa shape index (κ2) is 7.61. The molecule has 3 rings (SSSR count). The number of carbonyl (C=O) groups is 1. The third-order valence-corrected chi connectivity index (χ3v) is 4.48. The normalized spacial score (nSPS) is 21.2. The number of aromatic nitrogens is 2. The van der Waals surface area contributed by atoms with Gasteiger partial charge in [0.05, 0.1) is 12.0 Å². The van der Waals surface area contributed by atoms with Crippen LogP contribution in [0, 0.1) is 0 Å². The van der Waals surface area contributed by atoms with Gasteiger partial charge in [0.1, 0.15) is 11.9 Å². The van der Waals surface area contributed by atoms with Crippen molar-refractivity contribution in [3.05, 3.63) is 42.1 Å². The monoisotopic (exact) mass is 334 g/mol. The molecular formula is C17H23FN4O2. The van der Waals surface area contributed by atoms with Crippen molar-refractivity contribution >= 4 is 5.91 Å². The molecule has 7 heteroatoms. The molecule has 0 aromatic carbocycles. The Morgan fingerprint density at radius 2 is 2.38 bits per heavy atom. The Kier molecular flexibility index (Phi) is 5.30. The van der Waals surface area contributed by atoms with Crippen molar-refractivity contribution in [3.63, 3.8) is 0 Å². The lowest BCUT2D eigenvalue weighted by Gasteiger charge is -2.24. The predicted octanol–water partition coefficient (Wildman–Crippen LogP) is 1.67. The van der Waals surface area contributed by atoms with E-state index >= 15 is 0 Å². The number of likely N-dealkylation sites (tertiary alicyclic amines) is 1. The summed E-state index contributed by atoms with van der Waals surface area (Å²) in [6, 6.07) is 5.61. The van der Waals surface area contributed by atoms with Gasteiger partial charge in [-0.1, -0.05) is 0 Å². The average molecular weight is 334 g/mol. The number of aryl methyl sites for hydroxylation is 2. The van der Waals surface area contributed by atoms with Gasteiger partial charge in [0.2, 0.25) is 5.91 Å². The zero-order valence-corrected chi connectivity index (χ0v) is 13.8. The minimum absolute atomic E-state index is 0.0162. The molecule has 1 N–H and O–H groups in total. The Morgan fingerprint density at radius 1 is 1.50 bits per heavy atom. The summed E-state index contributed by atoms with van der Waals surface area (Å²) in [6.07, 6.45) is 3.90. The van der Waals surface area contributed by atoms with Crippen molar-refractivity contribution in [1.82, 2.24) is 20.0 Å². The Balaban J connectivity index is 1.47. The molecule has 3 heterocycles. The van der Waals surface area contributed by atoms with Gasteiger partial charge in [-0.3, -0.25) is 14.4 Å². The highest BCUT2D eigenvalue weighted by Gasteiger charge is 2.32. The predicted molar refractivity (Wildman–Crippen MR) is 87.0 cm³/mol. The van der Waals surface area contributed by atoms with E-state index in [9.17, 15) is 9.18 Å². The quantitative estimate of drug-likeness (QED) is 0.837. The van der Waals surface area contributed by atoms with Crippen molar-refractivity contribution in [2.24, 2.45) is 7.05 Å². The lowest BCUT2D eigenvalue weighted by molar-refractivity contribution is -0.121. The number of nitrogens with one attached hydrogen (secondary N) is 1. The molecular weight excluding hydrogens is 311 g/mol. The molecule has 2 atom stereocenters. The van der Waals surface area contributed by atoms with E-state index in [0.29, 0.717) is 38.9 Å². The van der Waals surface area contributed by atoms with E-state index in [1.807, 2.05) is 25.2 Å². The Morgan fingerprint density at radius 3 is 3.08 bits per heavy atom. The topological polar surface area (TPSA) is 63.3 Å². The van der Waals surface area contributed by atoms with Crippen LogP contribution >= 0.6 is 0 Å². The SMILES string of the molecule is Cn1nccc1CN1C[C@@H](F)C[C@H]1CNC(=O)CCc1ccco1. The van der Waals surface area contributed by atoms with Crippen LogP contribution in [-0.4, -0.2) is 45.9 Å². The van der Waals surface area contributed by atoms with Crippen LogP contribution < -0.4 is 5.32 Å². The Bertz CT molecular complexity index is 655. The van der Waals surface area contributed by atoms with Gasteiger partial charge in [0.25, 0.3) is 0 Å². The summed E-state index contributed by atoms with van der Waals surface area (Å²) >= 11 is 0. The molecule has 0 aliphatic carbocycles. The molecule has 0 spiro atoms. The number of nitrogens with zero attached hydrogens (tertiary/aromatic N) is 3. The van der Waals surface area contributed by atoms with Crippen LogP contribution in [0.4, 0.5) is 4.39 Å². The van der Waals surface area contributed by atoms with Crippen LogP contribution in [0.5, 0.6) is 0 Å². The van der Waals surface area contributed by atoms with Gasteiger partial charge in [-0.25, -0.2) is 4.39 Å². The summed E-state index contributed by atoms with van der Waals surface area (Å²) < 4.78 is 20.8. The van der Waals surface area contributed by atoms with Crippen LogP contribution in [0.15, 0.2) is 35.1 Å². The number of rotatable bonds is 7. The number of amides is 1. The van der Waals surface area contributed by atoms with E-state index in [-0.39, 0.29) is 11.9 Å². The molecule has 1 amide bonds. The molecule has 1 aliphatic heterocycles. The van der Waals surface area contributed by atoms with Gasteiger partial charge in [-0.05, 0) is 24.6 Å². The van der Waals surface area contributed by atoms with Gasteiger partial charge < -0.3 is 9.73 Å². The summed E-state index contributed by atoms with van der Waals surface area (Å²) in [5.74, 6) is 0.766. The number of hydrogen-bond acceptors (Lipinski definition) is 4. The first kappa shape index (κ1) is 16.7. The maximum absolute atomic E-state index is 13.8. The summed E-state index contributed by atoms with van der Waals surface area (Å²) in [5, 5.41) is 7.06. The zero-order valence-electron chi connectivity index (χ0n) is 13.8. The highest BCUT2D eigenvalue weighted by Crippen LogP contribution is 2.22. The fraction of sp³-hybridized carbons (Fsp3) is 0.529. The Labute approximate surface area is 140 Å². The average Bonchev–Trinajstić information content (AvgIpc) is 3.27. The summed E-state index contributed by atoms with van der Waals surface area (Å²) in [5.41, 5.74) is 1.04. The third-order valence-electron chi connectivity index (χ3n) is 4.48. The number of halogens is 1. The summed E-state index contributed by atoms with van der Waals surface area (Å²) in [4.78, 5) is 14.1. The van der Waals surface area contributed by atoms with Crippen molar-refractivity contribution in [1.29, 1.82) is 0 Å². The molecule has 0 radical (unpaired) electrons. The maximum Gasteiger partial charge on any atom is 0.220 e. The second-order valence-electron chi connectivity index (χ2n) is 6.25. The third kappa shape index (κ3) is 4.23. The number of carbonyl (C=O) groups excluding carboxylic acids is 1. The number of hydrogen-bond donors (Lipinski definition) is 1. The molecule has 1 aliphatic rings. The maximum atomic E-state index is 13.8. The van der Waals surface area contributed by atoms with Crippen LogP contribution in [0.1, 0.15) is 24.3 Å². The first-order valence-electron chi connectivity index (χ1n) is 8.26. The van der Waals surface area contributed by atoms with Crippen LogP contribution in [0.3, 0.4) is 0 Å². The van der Waals surface area contributed by atoms with Crippen LogP contribution in [0.2, 0.25) is 0 Å². The van der Waals surface area contributed by atoms with Gasteiger partial charge >= 0.3 is 0 Å². The van der Waals surface area contributed by atoms with E-state index in [2.05, 4.69) is 15.3 Å². The first-order chi connectivity index (χ1) is 11.6. The van der Waals surface area contributed by atoms with E-state index < -0.39 is 6.17 Å². The van der Waals surface area contributed by atoms with E-state index in [0.717, 1.165) is 11.5 Å². The van der Waals surface area contributed by atoms with Crippen LogP contribution in [0.25, 0.3) is 0 Å². The van der Waals surface area contributed by atoms with Crippen LogP contribution in [-0.2, 0) is 24.8 Å². The van der Waals surface area contributed by atoms with Gasteiger partial charge in [-0.15, -0.1) is 0 Å². The smallest absolute Gasteiger partial charge is 0.220 e. The van der Waals surface area contributed by atoms with Gasteiger partial charge in [0.15, 0.2) is 0 Å². The van der Waals surface area contributed by atoms with Gasteiger partial charge in [0, 0.05) is 51.8 Å². The minimum atomic E-state index is -0.844.